The van der Waals surface area contributed by atoms with Crippen LogP contribution in [0.2, 0.25) is 0 Å². The van der Waals surface area contributed by atoms with Gasteiger partial charge in [0.2, 0.25) is 11.6 Å². The highest BCUT2D eigenvalue weighted by molar-refractivity contribution is 5.90. The van der Waals surface area contributed by atoms with E-state index in [1.54, 1.807) is 30.3 Å². The number of H-pyrrole nitrogens is 1. The van der Waals surface area contributed by atoms with Crippen molar-refractivity contribution >= 4 is 17.3 Å². The summed E-state index contributed by atoms with van der Waals surface area (Å²) < 4.78 is 1.21. The standard InChI is InChI=1S/C24H20N4O5/c1-13-9-10-17(11-14(13)2)28-23(31)20(22(30)27-28)26-25-19-8-4-7-18(21(19)29)15-5-3-6-16(12-15)24(32)33/h3-12,29,31H,1-2H3,(H,27,30)(H,32,33). The maximum atomic E-state index is 12.4. The monoisotopic (exact) mass is 444 g/mol. The summed E-state index contributed by atoms with van der Waals surface area (Å²) in [6, 6.07) is 16.2. The lowest BCUT2D eigenvalue weighted by Crippen LogP contribution is -2.04. The molecular weight excluding hydrogens is 424 g/mol. The number of nitrogens with one attached hydrogen (secondary N) is 1. The van der Waals surface area contributed by atoms with Gasteiger partial charge in [-0.25, -0.2) is 9.48 Å². The summed E-state index contributed by atoms with van der Waals surface area (Å²) in [4.78, 5) is 23.6. The normalized spacial score (nSPS) is 11.2. The minimum Gasteiger partial charge on any atom is -0.505 e. The number of phenolic OH excluding ortho intramolecular Hbond substituents is 1. The maximum Gasteiger partial charge on any atom is 0.335 e. The zero-order chi connectivity index (χ0) is 23.7. The molecule has 0 fully saturated rings. The van der Waals surface area contributed by atoms with Gasteiger partial charge in [0.25, 0.3) is 5.56 Å². The predicted octanol–water partition coefficient (Wildman–Crippen LogP) is 4.97. The lowest BCUT2D eigenvalue weighted by atomic mass is 10.0. The molecule has 3 aromatic carbocycles. The van der Waals surface area contributed by atoms with Crippen LogP contribution in [0.3, 0.4) is 0 Å². The molecule has 0 aliphatic rings. The highest BCUT2D eigenvalue weighted by Gasteiger charge is 2.16. The highest BCUT2D eigenvalue weighted by Crippen LogP contribution is 2.38. The first kappa shape index (κ1) is 21.6. The number of carboxylic acids is 1. The van der Waals surface area contributed by atoms with E-state index in [1.807, 2.05) is 26.0 Å². The number of hydrogen-bond donors (Lipinski definition) is 4. The third-order valence-corrected chi connectivity index (χ3v) is 5.29. The summed E-state index contributed by atoms with van der Waals surface area (Å²) >= 11 is 0. The van der Waals surface area contributed by atoms with E-state index in [0.29, 0.717) is 16.8 Å². The average molecular weight is 444 g/mol. The SMILES string of the molecule is Cc1ccc(-n2[nH]c(=O)c(N=Nc3cccc(-c4cccc(C(=O)O)c4)c3O)c2O)cc1C. The fourth-order valence-corrected chi connectivity index (χ4v) is 3.33. The van der Waals surface area contributed by atoms with Crippen LogP contribution < -0.4 is 5.56 Å². The van der Waals surface area contributed by atoms with Crippen molar-refractivity contribution in [1.82, 2.24) is 9.78 Å². The molecule has 4 aromatic rings. The van der Waals surface area contributed by atoms with Crippen LogP contribution in [-0.2, 0) is 0 Å². The molecule has 0 unspecified atom stereocenters. The molecule has 1 aromatic heterocycles. The second-order valence-electron chi connectivity index (χ2n) is 7.48. The molecule has 0 aliphatic heterocycles. The van der Waals surface area contributed by atoms with Gasteiger partial charge in [-0.2, -0.15) is 0 Å². The van der Waals surface area contributed by atoms with Crippen molar-refractivity contribution < 1.29 is 20.1 Å². The molecule has 0 saturated carbocycles. The first-order valence-electron chi connectivity index (χ1n) is 9.95. The molecule has 33 heavy (non-hydrogen) atoms. The number of aromatic nitrogens is 2. The number of carboxylic acid groups (broad SMARTS) is 1. The molecule has 4 rings (SSSR count). The van der Waals surface area contributed by atoms with Gasteiger partial charge < -0.3 is 15.3 Å². The van der Waals surface area contributed by atoms with Crippen molar-refractivity contribution in [3.8, 4) is 28.4 Å². The Morgan fingerprint density at radius 2 is 1.70 bits per heavy atom. The Bertz CT molecular complexity index is 1470. The predicted molar refractivity (Wildman–Crippen MR) is 122 cm³/mol. The molecule has 0 radical (unpaired) electrons. The number of hydrogen-bond acceptors (Lipinski definition) is 6. The fourth-order valence-electron chi connectivity index (χ4n) is 3.33. The molecular formula is C24H20N4O5. The zero-order valence-corrected chi connectivity index (χ0v) is 17.8. The van der Waals surface area contributed by atoms with Crippen LogP contribution in [0.4, 0.5) is 11.4 Å². The molecule has 9 nitrogen and oxygen atoms in total. The molecule has 166 valence electrons. The Morgan fingerprint density at radius 1 is 0.939 bits per heavy atom. The van der Waals surface area contributed by atoms with Gasteiger partial charge >= 0.3 is 5.97 Å². The molecule has 0 aliphatic carbocycles. The van der Waals surface area contributed by atoms with Gasteiger partial charge in [-0.05, 0) is 60.9 Å². The smallest absolute Gasteiger partial charge is 0.335 e. The summed E-state index contributed by atoms with van der Waals surface area (Å²) in [5.41, 5.74) is 2.58. The molecule has 4 N–H and O–H groups in total. The number of aromatic amines is 1. The van der Waals surface area contributed by atoms with E-state index in [2.05, 4.69) is 15.3 Å². The van der Waals surface area contributed by atoms with Gasteiger partial charge in [0.15, 0.2) is 5.75 Å². The van der Waals surface area contributed by atoms with Gasteiger partial charge in [0, 0.05) is 5.56 Å². The second-order valence-corrected chi connectivity index (χ2v) is 7.48. The summed E-state index contributed by atoms with van der Waals surface area (Å²) in [6.45, 7) is 3.87. The van der Waals surface area contributed by atoms with Crippen LogP contribution in [0.5, 0.6) is 11.6 Å². The minimum absolute atomic E-state index is 0.0472. The Balaban J connectivity index is 1.71. The number of carbonyl (C=O) groups is 1. The van der Waals surface area contributed by atoms with E-state index in [0.717, 1.165) is 11.1 Å². The lowest BCUT2D eigenvalue weighted by molar-refractivity contribution is 0.0697. The number of aromatic carboxylic acids is 1. The molecule has 0 spiro atoms. The molecule has 0 amide bonds. The zero-order valence-electron chi connectivity index (χ0n) is 17.8. The van der Waals surface area contributed by atoms with E-state index < -0.39 is 17.4 Å². The third-order valence-electron chi connectivity index (χ3n) is 5.29. The first-order chi connectivity index (χ1) is 15.8. The Hall–Kier alpha value is -4.66. The number of nitrogens with zero attached hydrogens (tertiary/aromatic N) is 3. The second kappa shape index (κ2) is 8.46. The third kappa shape index (κ3) is 4.11. The quantitative estimate of drug-likeness (QED) is 0.322. The molecule has 9 heteroatoms. The fraction of sp³-hybridized carbons (Fsp3) is 0.0833. The highest BCUT2D eigenvalue weighted by atomic mass is 16.4. The maximum absolute atomic E-state index is 12.4. The Morgan fingerprint density at radius 3 is 2.42 bits per heavy atom. The van der Waals surface area contributed by atoms with E-state index in [4.69, 9.17) is 0 Å². The van der Waals surface area contributed by atoms with Gasteiger partial charge in [-0.15, -0.1) is 10.2 Å². The van der Waals surface area contributed by atoms with Crippen LogP contribution in [0.15, 0.2) is 75.7 Å². The number of benzene rings is 3. The van der Waals surface area contributed by atoms with Crippen molar-refractivity contribution in [1.29, 1.82) is 0 Å². The Kier molecular flexibility index (Phi) is 5.53. The van der Waals surface area contributed by atoms with Crippen LogP contribution in [0, 0.1) is 13.8 Å². The van der Waals surface area contributed by atoms with E-state index >= 15 is 0 Å². The first-order valence-corrected chi connectivity index (χ1v) is 9.95. The van der Waals surface area contributed by atoms with Crippen LogP contribution >= 0.6 is 0 Å². The number of rotatable bonds is 5. The summed E-state index contributed by atoms with van der Waals surface area (Å²) in [5, 5.41) is 40.7. The number of para-hydroxylation sites is 1. The Labute approximate surface area is 187 Å². The average Bonchev–Trinajstić information content (AvgIpc) is 3.08. The summed E-state index contributed by atoms with van der Waals surface area (Å²) in [6.07, 6.45) is 0. The van der Waals surface area contributed by atoms with Crippen molar-refractivity contribution in [2.45, 2.75) is 13.8 Å². The summed E-state index contributed by atoms with van der Waals surface area (Å²) in [5.74, 6) is -1.75. The van der Waals surface area contributed by atoms with Gasteiger partial charge in [-0.1, -0.05) is 30.3 Å². The van der Waals surface area contributed by atoms with Gasteiger partial charge in [0.05, 0.1) is 11.3 Å². The van der Waals surface area contributed by atoms with Crippen LogP contribution in [-0.4, -0.2) is 31.1 Å². The van der Waals surface area contributed by atoms with Crippen LogP contribution in [0.1, 0.15) is 21.5 Å². The van der Waals surface area contributed by atoms with Gasteiger partial charge in [0.1, 0.15) is 5.69 Å². The molecule has 0 bridgehead atoms. The summed E-state index contributed by atoms with van der Waals surface area (Å²) in [7, 11) is 0. The number of aromatic hydroxyl groups is 2. The van der Waals surface area contributed by atoms with E-state index in [-0.39, 0.29) is 22.7 Å². The van der Waals surface area contributed by atoms with Crippen molar-refractivity contribution in [2.75, 3.05) is 0 Å². The largest absolute Gasteiger partial charge is 0.505 e. The topological polar surface area (TPSA) is 140 Å². The van der Waals surface area contributed by atoms with Crippen LogP contribution in [0.25, 0.3) is 16.8 Å². The van der Waals surface area contributed by atoms with Crippen molar-refractivity contribution in [3.05, 3.63) is 87.7 Å². The van der Waals surface area contributed by atoms with E-state index in [1.165, 1.54) is 22.9 Å². The molecule has 1 heterocycles. The van der Waals surface area contributed by atoms with Crippen molar-refractivity contribution in [3.63, 3.8) is 0 Å². The van der Waals surface area contributed by atoms with E-state index in [9.17, 15) is 24.9 Å². The number of phenols is 1. The molecule has 0 saturated heterocycles. The minimum atomic E-state index is -1.09. The lowest BCUT2D eigenvalue weighted by Gasteiger charge is -2.07. The molecule has 0 atom stereocenters. The van der Waals surface area contributed by atoms with Crippen molar-refractivity contribution in [2.24, 2.45) is 10.2 Å². The van der Waals surface area contributed by atoms with Gasteiger partial charge in [-0.3, -0.25) is 9.89 Å². The number of aryl methyl sites for hydroxylation is 2. The number of azo groups is 1.